The summed E-state index contributed by atoms with van der Waals surface area (Å²) >= 11 is 0. The zero-order chi connectivity index (χ0) is 16.4. The fraction of sp³-hybridized carbons (Fsp3) is 0.389. The number of hydrogen-bond acceptors (Lipinski definition) is 4. The lowest BCUT2D eigenvalue weighted by Gasteiger charge is -2.22. The molecule has 0 saturated heterocycles. The van der Waals surface area contributed by atoms with E-state index in [1.165, 1.54) is 25.7 Å². The Balaban J connectivity index is 1.59. The molecule has 1 saturated carbocycles. The van der Waals surface area contributed by atoms with Crippen LogP contribution in [0.5, 0.6) is 0 Å². The maximum absolute atomic E-state index is 12.4. The number of amides is 1. The van der Waals surface area contributed by atoms with Crippen LogP contribution in [0.2, 0.25) is 0 Å². The van der Waals surface area contributed by atoms with Gasteiger partial charge < -0.3 is 14.3 Å². The summed E-state index contributed by atoms with van der Waals surface area (Å²) in [5.74, 6) is 0.525. The third kappa shape index (κ3) is 2.91. The molecule has 1 aliphatic carbocycles. The fourth-order valence-corrected chi connectivity index (χ4v) is 3.51. The predicted molar refractivity (Wildman–Crippen MR) is 90.2 cm³/mol. The van der Waals surface area contributed by atoms with Crippen molar-refractivity contribution in [2.24, 2.45) is 0 Å². The lowest BCUT2D eigenvalue weighted by Crippen LogP contribution is -2.38. The number of rotatable bonds is 4. The van der Waals surface area contributed by atoms with Gasteiger partial charge in [0.15, 0.2) is 0 Å². The van der Waals surface area contributed by atoms with Crippen molar-refractivity contribution in [1.82, 2.24) is 20.1 Å². The van der Waals surface area contributed by atoms with Gasteiger partial charge in [-0.1, -0.05) is 37.5 Å². The SMILES string of the molecule is O=C(Cn1cc(-c2nnco2)c2ccccc21)NC1CCCCC1. The van der Waals surface area contributed by atoms with Gasteiger partial charge in [-0.15, -0.1) is 10.2 Å². The minimum Gasteiger partial charge on any atom is -0.423 e. The van der Waals surface area contributed by atoms with Crippen LogP contribution in [-0.2, 0) is 11.3 Å². The molecule has 0 atom stereocenters. The number of fused-ring (bicyclic) bond motifs is 1. The van der Waals surface area contributed by atoms with Crippen molar-refractivity contribution in [3.63, 3.8) is 0 Å². The van der Waals surface area contributed by atoms with Crippen molar-refractivity contribution in [2.75, 3.05) is 0 Å². The highest BCUT2D eigenvalue weighted by atomic mass is 16.4. The highest BCUT2D eigenvalue weighted by molar-refractivity contribution is 5.94. The summed E-state index contributed by atoms with van der Waals surface area (Å²) in [6.07, 6.45) is 9.10. The van der Waals surface area contributed by atoms with Crippen LogP contribution in [0.15, 0.2) is 41.3 Å². The molecule has 124 valence electrons. The summed E-state index contributed by atoms with van der Waals surface area (Å²) in [6, 6.07) is 8.26. The molecule has 1 aromatic carbocycles. The van der Waals surface area contributed by atoms with Gasteiger partial charge >= 0.3 is 0 Å². The molecular formula is C18H20N4O2. The molecule has 3 aromatic rings. The normalized spacial score (nSPS) is 15.7. The average Bonchev–Trinajstić information content (AvgIpc) is 3.24. The molecule has 0 radical (unpaired) electrons. The van der Waals surface area contributed by atoms with Gasteiger partial charge in [-0.2, -0.15) is 0 Å². The summed E-state index contributed by atoms with van der Waals surface area (Å²) < 4.78 is 7.28. The van der Waals surface area contributed by atoms with E-state index in [1.807, 2.05) is 35.0 Å². The fourth-order valence-electron chi connectivity index (χ4n) is 3.51. The second-order valence-electron chi connectivity index (χ2n) is 6.33. The summed E-state index contributed by atoms with van der Waals surface area (Å²) in [5.41, 5.74) is 1.85. The second kappa shape index (κ2) is 6.47. The molecule has 0 aliphatic heterocycles. The van der Waals surface area contributed by atoms with Gasteiger partial charge in [0.05, 0.1) is 5.56 Å². The van der Waals surface area contributed by atoms with Gasteiger partial charge in [-0.25, -0.2) is 0 Å². The van der Waals surface area contributed by atoms with Crippen LogP contribution >= 0.6 is 0 Å². The molecule has 1 amide bonds. The number of carbonyl (C=O) groups is 1. The molecule has 0 bridgehead atoms. The number of para-hydroxylation sites is 1. The van der Waals surface area contributed by atoms with Crippen LogP contribution < -0.4 is 5.32 Å². The van der Waals surface area contributed by atoms with Crippen molar-refractivity contribution in [1.29, 1.82) is 0 Å². The molecule has 0 spiro atoms. The van der Waals surface area contributed by atoms with E-state index in [1.54, 1.807) is 0 Å². The Bertz CT molecular complexity index is 832. The molecule has 2 heterocycles. The quantitative estimate of drug-likeness (QED) is 0.800. The Hall–Kier alpha value is -2.63. The monoisotopic (exact) mass is 324 g/mol. The summed E-state index contributed by atoms with van der Waals surface area (Å²) in [7, 11) is 0. The Morgan fingerprint density at radius 2 is 2.08 bits per heavy atom. The van der Waals surface area contributed by atoms with Crippen molar-refractivity contribution in [2.45, 2.75) is 44.7 Å². The first-order valence-electron chi connectivity index (χ1n) is 8.45. The number of nitrogens with one attached hydrogen (secondary N) is 1. The van der Waals surface area contributed by atoms with Crippen molar-refractivity contribution < 1.29 is 9.21 Å². The van der Waals surface area contributed by atoms with E-state index in [0.717, 1.165) is 29.3 Å². The largest absolute Gasteiger partial charge is 0.423 e. The van der Waals surface area contributed by atoms with E-state index >= 15 is 0 Å². The molecule has 0 unspecified atom stereocenters. The van der Waals surface area contributed by atoms with Crippen LogP contribution in [0.3, 0.4) is 0 Å². The third-order valence-corrected chi connectivity index (χ3v) is 4.66. The molecule has 1 fully saturated rings. The first-order valence-corrected chi connectivity index (χ1v) is 8.45. The van der Waals surface area contributed by atoms with Gasteiger partial charge in [-0.3, -0.25) is 4.79 Å². The number of carbonyl (C=O) groups excluding carboxylic acids is 1. The second-order valence-corrected chi connectivity index (χ2v) is 6.33. The molecule has 1 aliphatic rings. The van der Waals surface area contributed by atoms with E-state index in [0.29, 0.717) is 18.5 Å². The molecule has 1 N–H and O–H groups in total. The van der Waals surface area contributed by atoms with Crippen LogP contribution in [0.1, 0.15) is 32.1 Å². The van der Waals surface area contributed by atoms with E-state index in [9.17, 15) is 4.79 Å². The lowest BCUT2D eigenvalue weighted by molar-refractivity contribution is -0.122. The average molecular weight is 324 g/mol. The standard InChI is InChI=1S/C18H20N4O2/c23-17(20-13-6-2-1-3-7-13)11-22-10-15(18-21-19-12-24-18)14-8-4-5-9-16(14)22/h4-5,8-10,12-13H,1-3,6-7,11H2,(H,20,23). The van der Waals surface area contributed by atoms with Crippen LogP contribution in [0, 0.1) is 0 Å². The first-order chi connectivity index (χ1) is 11.8. The molecule has 6 heteroatoms. The van der Waals surface area contributed by atoms with E-state index in [2.05, 4.69) is 15.5 Å². The van der Waals surface area contributed by atoms with Gasteiger partial charge in [0, 0.05) is 23.1 Å². The molecular weight excluding hydrogens is 304 g/mol. The predicted octanol–water partition coefficient (Wildman–Crippen LogP) is 3.14. The minimum atomic E-state index is 0.0553. The molecule has 2 aromatic heterocycles. The number of benzene rings is 1. The highest BCUT2D eigenvalue weighted by Gasteiger charge is 2.18. The lowest BCUT2D eigenvalue weighted by atomic mass is 9.95. The molecule has 4 rings (SSSR count). The number of nitrogens with zero attached hydrogens (tertiary/aromatic N) is 3. The Morgan fingerprint density at radius 3 is 2.88 bits per heavy atom. The Kier molecular flexibility index (Phi) is 4.02. The zero-order valence-corrected chi connectivity index (χ0v) is 13.4. The van der Waals surface area contributed by atoms with Gasteiger partial charge in [0.1, 0.15) is 6.54 Å². The molecule has 6 nitrogen and oxygen atoms in total. The summed E-state index contributed by atoms with van der Waals surface area (Å²) in [6.45, 7) is 0.297. The third-order valence-electron chi connectivity index (χ3n) is 4.66. The number of hydrogen-bond donors (Lipinski definition) is 1. The van der Waals surface area contributed by atoms with E-state index < -0.39 is 0 Å². The Morgan fingerprint density at radius 1 is 1.25 bits per heavy atom. The maximum atomic E-state index is 12.4. The van der Waals surface area contributed by atoms with Crippen molar-refractivity contribution in [3.05, 3.63) is 36.9 Å². The maximum Gasteiger partial charge on any atom is 0.249 e. The summed E-state index contributed by atoms with van der Waals surface area (Å²) in [4.78, 5) is 12.4. The smallest absolute Gasteiger partial charge is 0.249 e. The highest BCUT2D eigenvalue weighted by Crippen LogP contribution is 2.29. The van der Waals surface area contributed by atoms with Gasteiger partial charge in [0.2, 0.25) is 18.2 Å². The number of aromatic nitrogens is 3. The topological polar surface area (TPSA) is 73.0 Å². The van der Waals surface area contributed by atoms with Gasteiger partial charge in [0.25, 0.3) is 0 Å². The molecule has 24 heavy (non-hydrogen) atoms. The van der Waals surface area contributed by atoms with Crippen LogP contribution in [0.25, 0.3) is 22.4 Å². The minimum absolute atomic E-state index is 0.0553. The summed E-state index contributed by atoms with van der Waals surface area (Å²) in [5, 5.41) is 11.9. The van der Waals surface area contributed by atoms with Crippen LogP contribution in [-0.4, -0.2) is 26.7 Å². The Labute approximate surface area is 139 Å². The first kappa shape index (κ1) is 14.9. The zero-order valence-electron chi connectivity index (χ0n) is 13.4. The van der Waals surface area contributed by atoms with Crippen molar-refractivity contribution >= 4 is 16.8 Å². The van der Waals surface area contributed by atoms with E-state index in [4.69, 9.17) is 4.42 Å². The van der Waals surface area contributed by atoms with Crippen molar-refractivity contribution in [3.8, 4) is 11.5 Å². The van der Waals surface area contributed by atoms with Crippen LogP contribution in [0.4, 0.5) is 0 Å². The van der Waals surface area contributed by atoms with Gasteiger partial charge in [-0.05, 0) is 18.9 Å². The van der Waals surface area contributed by atoms with E-state index in [-0.39, 0.29) is 5.91 Å².